The first-order chi connectivity index (χ1) is 5.66. The number of hydrogen-bond acceptors (Lipinski definition) is 1. The van der Waals surface area contributed by atoms with Gasteiger partial charge in [0.2, 0.25) is 0 Å². The van der Waals surface area contributed by atoms with Gasteiger partial charge in [-0.25, -0.2) is 8.78 Å². The van der Waals surface area contributed by atoms with Gasteiger partial charge in [0.15, 0.2) is 0 Å². The predicted molar refractivity (Wildman–Crippen MR) is 41.1 cm³/mol. The van der Waals surface area contributed by atoms with Crippen molar-refractivity contribution in [2.75, 3.05) is 13.1 Å². The quantitative estimate of drug-likeness (QED) is 0.587. The zero-order valence-electron chi connectivity index (χ0n) is 6.95. The molecular formula is C9H13F2N. The van der Waals surface area contributed by atoms with Crippen LogP contribution < -0.4 is 5.32 Å². The van der Waals surface area contributed by atoms with Crippen molar-refractivity contribution in [3.63, 3.8) is 0 Å². The highest BCUT2D eigenvalue weighted by molar-refractivity contribution is 5.19. The van der Waals surface area contributed by atoms with Gasteiger partial charge in [0.1, 0.15) is 0 Å². The van der Waals surface area contributed by atoms with Gasteiger partial charge in [-0.1, -0.05) is 0 Å². The van der Waals surface area contributed by atoms with Crippen molar-refractivity contribution in [2.24, 2.45) is 17.3 Å². The van der Waals surface area contributed by atoms with Crippen LogP contribution in [0, 0.1) is 17.3 Å². The van der Waals surface area contributed by atoms with Gasteiger partial charge < -0.3 is 5.32 Å². The standard InChI is InChI=1S/C9H13F2N/c10-9(11)5-8(9)2-1-6-3-12-4-7(6)8/h6-7,12H,1-5H2. The molecule has 3 heteroatoms. The summed E-state index contributed by atoms with van der Waals surface area (Å²) in [6.45, 7) is 1.81. The smallest absolute Gasteiger partial charge is 0.254 e. The Balaban J connectivity index is 1.91. The molecule has 0 aromatic carbocycles. The molecule has 1 nitrogen and oxygen atoms in total. The van der Waals surface area contributed by atoms with Crippen LogP contribution in [0.1, 0.15) is 19.3 Å². The van der Waals surface area contributed by atoms with Crippen molar-refractivity contribution >= 4 is 0 Å². The first kappa shape index (κ1) is 7.25. The molecule has 1 aliphatic heterocycles. The van der Waals surface area contributed by atoms with Crippen molar-refractivity contribution in [1.29, 1.82) is 0 Å². The molecule has 3 aliphatic rings. The summed E-state index contributed by atoms with van der Waals surface area (Å²) in [4.78, 5) is 0. The third-order valence-electron chi connectivity index (χ3n) is 4.15. The summed E-state index contributed by atoms with van der Waals surface area (Å²) in [5, 5.41) is 3.22. The average Bonchev–Trinajstić information content (AvgIpc) is 2.41. The Morgan fingerprint density at radius 3 is 2.67 bits per heavy atom. The lowest BCUT2D eigenvalue weighted by Crippen LogP contribution is -2.22. The molecule has 1 spiro atoms. The lowest BCUT2D eigenvalue weighted by Gasteiger charge is -2.16. The van der Waals surface area contributed by atoms with Crippen LogP contribution in [0.4, 0.5) is 8.78 Å². The lowest BCUT2D eigenvalue weighted by molar-refractivity contribution is 0.0482. The highest BCUT2D eigenvalue weighted by Gasteiger charge is 2.76. The molecule has 1 N–H and O–H groups in total. The van der Waals surface area contributed by atoms with Gasteiger partial charge in [-0.05, 0) is 37.8 Å². The summed E-state index contributed by atoms with van der Waals surface area (Å²) in [5.41, 5.74) is -0.554. The van der Waals surface area contributed by atoms with E-state index in [1.54, 1.807) is 0 Å². The minimum Gasteiger partial charge on any atom is -0.316 e. The van der Waals surface area contributed by atoms with E-state index in [-0.39, 0.29) is 12.3 Å². The molecule has 3 unspecified atom stereocenters. The van der Waals surface area contributed by atoms with Crippen LogP contribution in [-0.2, 0) is 0 Å². The Morgan fingerprint density at radius 2 is 2.00 bits per heavy atom. The number of fused-ring (bicyclic) bond motifs is 2. The Kier molecular flexibility index (Phi) is 1.11. The Bertz CT molecular complexity index is 229. The van der Waals surface area contributed by atoms with Gasteiger partial charge in [-0.15, -0.1) is 0 Å². The fraction of sp³-hybridized carbons (Fsp3) is 1.00. The fourth-order valence-electron chi connectivity index (χ4n) is 3.34. The second-order valence-corrected chi connectivity index (χ2v) is 4.60. The van der Waals surface area contributed by atoms with E-state index in [2.05, 4.69) is 5.32 Å². The summed E-state index contributed by atoms with van der Waals surface area (Å²) in [6.07, 6.45) is 1.97. The third-order valence-corrected chi connectivity index (χ3v) is 4.15. The Labute approximate surface area is 70.5 Å². The maximum Gasteiger partial charge on any atom is 0.254 e. The number of rotatable bonds is 0. The SMILES string of the molecule is FC1(F)CC12CCC1CNCC12. The van der Waals surface area contributed by atoms with Gasteiger partial charge in [0.05, 0.1) is 0 Å². The van der Waals surface area contributed by atoms with Crippen molar-refractivity contribution < 1.29 is 8.78 Å². The molecule has 12 heavy (non-hydrogen) atoms. The van der Waals surface area contributed by atoms with E-state index in [9.17, 15) is 8.78 Å². The minimum absolute atomic E-state index is 0.169. The van der Waals surface area contributed by atoms with E-state index >= 15 is 0 Å². The molecule has 68 valence electrons. The number of nitrogens with one attached hydrogen (secondary N) is 1. The maximum absolute atomic E-state index is 13.1. The molecule has 0 radical (unpaired) electrons. The van der Waals surface area contributed by atoms with Gasteiger partial charge in [-0.2, -0.15) is 0 Å². The summed E-state index contributed by atoms with van der Waals surface area (Å²) < 4.78 is 26.2. The first-order valence-electron chi connectivity index (χ1n) is 4.74. The van der Waals surface area contributed by atoms with Crippen molar-refractivity contribution in [3.8, 4) is 0 Å². The Hall–Kier alpha value is -0.180. The molecule has 0 aromatic rings. The topological polar surface area (TPSA) is 12.0 Å². The maximum atomic E-state index is 13.1. The van der Waals surface area contributed by atoms with E-state index in [4.69, 9.17) is 0 Å². The van der Waals surface area contributed by atoms with Gasteiger partial charge in [0, 0.05) is 11.8 Å². The minimum atomic E-state index is -2.32. The molecule has 1 saturated heterocycles. The first-order valence-corrected chi connectivity index (χ1v) is 4.74. The van der Waals surface area contributed by atoms with E-state index in [0.29, 0.717) is 5.92 Å². The van der Waals surface area contributed by atoms with Crippen LogP contribution in [0.2, 0.25) is 0 Å². The largest absolute Gasteiger partial charge is 0.316 e. The van der Waals surface area contributed by atoms with E-state index in [0.717, 1.165) is 25.9 Å². The van der Waals surface area contributed by atoms with E-state index in [1.807, 2.05) is 0 Å². The van der Waals surface area contributed by atoms with Crippen LogP contribution in [0.5, 0.6) is 0 Å². The van der Waals surface area contributed by atoms with Crippen LogP contribution in [-0.4, -0.2) is 19.0 Å². The zero-order chi connectivity index (χ0) is 8.40. The van der Waals surface area contributed by atoms with Crippen LogP contribution in [0.3, 0.4) is 0 Å². The molecular weight excluding hydrogens is 160 g/mol. The Morgan fingerprint density at radius 1 is 1.25 bits per heavy atom. The molecule has 3 fully saturated rings. The molecule has 2 aliphatic carbocycles. The number of halogens is 2. The van der Waals surface area contributed by atoms with Crippen molar-refractivity contribution in [2.45, 2.75) is 25.2 Å². The summed E-state index contributed by atoms with van der Waals surface area (Å²) in [6, 6.07) is 0. The monoisotopic (exact) mass is 173 g/mol. The summed E-state index contributed by atoms with van der Waals surface area (Å²) in [7, 11) is 0. The van der Waals surface area contributed by atoms with Gasteiger partial charge in [0.25, 0.3) is 5.92 Å². The molecule has 3 atom stereocenters. The fourth-order valence-corrected chi connectivity index (χ4v) is 3.34. The highest BCUT2D eigenvalue weighted by atomic mass is 19.3. The van der Waals surface area contributed by atoms with Crippen molar-refractivity contribution in [3.05, 3.63) is 0 Å². The molecule has 3 rings (SSSR count). The van der Waals surface area contributed by atoms with Gasteiger partial charge in [-0.3, -0.25) is 0 Å². The number of hydrogen-bond donors (Lipinski definition) is 1. The highest BCUT2D eigenvalue weighted by Crippen LogP contribution is 2.72. The second kappa shape index (κ2) is 1.84. The van der Waals surface area contributed by atoms with Gasteiger partial charge >= 0.3 is 0 Å². The molecule has 1 heterocycles. The van der Waals surface area contributed by atoms with Crippen molar-refractivity contribution in [1.82, 2.24) is 5.32 Å². The molecule has 0 bridgehead atoms. The zero-order valence-corrected chi connectivity index (χ0v) is 6.95. The third kappa shape index (κ3) is 0.630. The molecule has 0 aromatic heterocycles. The van der Waals surface area contributed by atoms with Crippen LogP contribution in [0.15, 0.2) is 0 Å². The summed E-state index contributed by atoms with van der Waals surface area (Å²) in [5.74, 6) is -1.48. The lowest BCUT2D eigenvalue weighted by atomic mass is 9.89. The second-order valence-electron chi connectivity index (χ2n) is 4.60. The normalized spacial score (nSPS) is 54.5. The number of alkyl halides is 2. The predicted octanol–water partition coefficient (Wildman–Crippen LogP) is 1.64. The average molecular weight is 173 g/mol. The van der Waals surface area contributed by atoms with Crippen LogP contribution >= 0.6 is 0 Å². The molecule has 0 amide bonds. The van der Waals surface area contributed by atoms with Crippen LogP contribution in [0.25, 0.3) is 0 Å². The summed E-state index contributed by atoms with van der Waals surface area (Å²) >= 11 is 0. The van der Waals surface area contributed by atoms with E-state index in [1.165, 1.54) is 0 Å². The van der Waals surface area contributed by atoms with E-state index < -0.39 is 11.3 Å². The molecule has 2 saturated carbocycles.